The van der Waals surface area contributed by atoms with Crippen LogP contribution in [0.4, 0.5) is 0 Å². The number of carbonyl (C=O) groups excluding carboxylic acids is 1. The summed E-state index contributed by atoms with van der Waals surface area (Å²) < 4.78 is 8.17. The second kappa shape index (κ2) is 10.2. The lowest BCUT2D eigenvalue weighted by molar-refractivity contribution is -0.122. The molecule has 2 aromatic carbocycles. The smallest absolute Gasteiger partial charge is 0.266 e. The first-order valence-electron chi connectivity index (χ1n) is 10.8. The van der Waals surface area contributed by atoms with E-state index in [4.69, 9.17) is 22.1 Å². The van der Waals surface area contributed by atoms with Crippen molar-refractivity contribution < 1.29 is 9.53 Å². The van der Waals surface area contributed by atoms with Gasteiger partial charge in [-0.05, 0) is 55.3 Å². The van der Waals surface area contributed by atoms with Crippen molar-refractivity contribution in [2.24, 2.45) is 0 Å². The zero-order valence-corrected chi connectivity index (χ0v) is 20.3. The van der Waals surface area contributed by atoms with Gasteiger partial charge in [0.1, 0.15) is 22.4 Å². The molecular formula is C26H25N3O2S2. The van der Waals surface area contributed by atoms with E-state index < -0.39 is 0 Å². The molecule has 4 rings (SSSR count). The molecule has 1 aliphatic heterocycles. The first-order valence-corrected chi connectivity index (χ1v) is 12.0. The minimum Gasteiger partial charge on any atom is -0.489 e. The third-order valence-electron chi connectivity index (χ3n) is 5.18. The number of nitrogens with zero attached hydrogens (tertiary/aromatic N) is 3. The SMILES string of the molecule is C=CCOc1ccc(-c2nn(-c3ccccc3)cc2C=C2SC(=S)N(CCC)C2=O)cc1C. The van der Waals surface area contributed by atoms with Crippen molar-refractivity contribution in [3.05, 3.63) is 83.4 Å². The Hall–Kier alpha value is -3.16. The largest absolute Gasteiger partial charge is 0.489 e. The zero-order chi connectivity index (χ0) is 23.4. The molecule has 5 nitrogen and oxygen atoms in total. The zero-order valence-electron chi connectivity index (χ0n) is 18.7. The van der Waals surface area contributed by atoms with Crippen molar-refractivity contribution in [1.29, 1.82) is 0 Å². The van der Waals surface area contributed by atoms with Crippen LogP contribution in [0.1, 0.15) is 24.5 Å². The maximum absolute atomic E-state index is 12.9. The molecule has 2 heterocycles. The molecule has 0 unspecified atom stereocenters. The summed E-state index contributed by atoms with van der Waals surface area (Å²) >= 11 is 6.78. The van der Waals surface area contributed by atoms with E-state index >= 15 is 0 Å². The maximum Gasteiger partial charge on any atom is 0.266 e. The van der Waals surface area contributed by atoms with Crippen LogP contribution in [-0.2, 0) is 4.79 Å². The van der Waals surface area contributed by atoms with Crippen LogP contribution in [0.5, 0.6) is 5.75 Å². The number of para-hydroxylation sites is 1. The molecule has 3 aromatic rings. The number of carbonyl (C=O) groups is 1. The number of hydrogen-bond acceptors (Lipinski definition) is 5. The van der Waals surface area contributed by atoms with E-state index in [1.165, 1.54) is 11.8 Å². The van der Waals surface area contributed by atoms with Gasteiger partial charge in [-0.25, -0.2) is 4.68 Å². The summed E-state index contributed by atoms with van der Waals surface area (Å²) in [5.74, 6) is 0.762. The van der Waals surface area contributed by atoms with Gasteiger partial charge in [0.15, 0.2) is 0 Å². The molecule has 0 radical (unpaired) electrons. The third kappa shape index (κ3) is 4.94. The quantitative estimate of drug-likeness (QED) is 0.226. The van der Waals surface area contributed by atoms with E-state index in [0.717, 1.165) is 40.2 Å². The Labute approximate surface area is 203 Å². The first-order chi connectivity index (χ1) is 16.0. The van der Waals surface area contributed by atoms with Crippen LogP contribution in [0.2, 0.25) is 0 Å². The third-order valence-corrected chi connectivity index (χ3v) is 6.55. The van der Waals surface area contributed by atoms with Gasteiger partial charge in [-0.2, -0.15) is 5.10 Å². The Morgan fingerprint density at radius 1 is 1.21 bits per heavy atom. The Morgan fingerprint density at radius 2 is 2.00 bits per heavy atom. The predicted octanol–water partition coefficient (Wildman–Crippen LogP) is 6.02. The molecule has 0 aliphatic carbocycles. The fourth-order valence-corrected chi connectivity index (χ4v) is 4.89. The van der Waals surface area contributed by atoms with E-state index in [2.05, 4.69) is 12.6 Å². The normalized spacial score (nSPS) is 14.8. The monoisotopic (exact) mass is 475 g/mol. The molecule has 0 bridgehead atoms. The fourth-order valence-electron chi connectivity index (χ4n) is 3.60. The molecule has 1 aromatic heterocycles. The Bertz CT molecular complexity index is 1230. The number of aryl methyl sites for hydroxylation is 1. The summed E-state index contributed by atoms with van der Waals surface area (Å²) in [6, 6.07) is 15.9. The molecule has 33 heavy (non-hydrogen) atoms. The number of hydrogen-bond donors (Lipinski definition) is 0. The molecule has 168 valence electrons. The van der Waals surface area contributed by atoms with Crippen molar-refractivity contribution in [2.75, 3.05) is 13.2 Å². The maximum atomic E-state index is 12.9. The summed E-state index contributed by atoms with van der Waals surface area (Å²) in [5.41, 5.74) is 4.54. The Kier molecular flexibility index (Phi) is 7.11. The highest BCUT2D eigenvalue weighted by atomic mass is 32.2. The summed E-state index contributed by atoms with van der Waals surface area (Å²) in [6.45, 7) is 8.83. The summed E-state index contributed by atoms with van der Waals surface area (Å²) in [5, 5.41) is 4.87. The van der Waals surface area contributed by atoms with Gasteiger partial charge in [-0.3, -0.25) is 9.69 Å². The van der Waals surface area contributed by atoms with Gasteiger partial charge in [0.25, 0.3) is 5.91 Å². The number of rotatable bonds is 8. The number of thioether (sulfide) groups is 1. The number of thiocarbonyl (C=S) groups is 1. The van der Waals surface area contributed by atoms with Crippen LogP contribution >= 0.6 is 24.0 Å². The average Bonchev–Trinajstić information content (AvgIpc) is 3.36. The summed E-state index contributed by atoms with van der Waals surface area (Å²) in [6.07, 6.45) is 6.43. The van der Waals surface area contributed by atoms with Gasteiger partial charge in [-0.1, -0.05) is 61.8 Å². The van der Waals surface area contributed by atoms with Gasteiger partial charge in [0.05, 0.1) is 10.6 Å². The van der Waals surface area contributed by atoms with E-state index in [0.29, 0.717) is 22.4 Å². The number of benzene rings is 2. The van der Waals surface area contributed by atoms with Gasteiger partial charge in [0, 0.05) is 23.9 Å². The van der Waals surface area contributed by atoms with Gasteiger partial charge < -0.3 is 4.74 Å². The fraction of sp³-hybridized carbons (Fsp3) is 0.192. The van der Waals surface area contributed by atoms with Crippen molar-refractivity contribution in [3.8, 4) is 22.7 Å². The number of aromatic nitrogens is 2. The topological polar surface area (TPSA) is 47.4 Å². The second-order valence-corrected chi connectivity index (χ2v) is 9.30. The van der Waals surface area contributed by atoms with Crippen LogP contribution in [0.25, 0.3) is 23.0 Å². The highest BCUT2D eigenvalue weighted by molar-refractivity contribution is 8.26. The molecule has 1 saturated heterocycles. The number of ether oxygens (including phenoxy) is 1. The average molecular weight is 476 g/mol. The standard InChI is InChI=1S/C26H25N3O2S2/c1-4-13-28-25(30)23(33-26(28)32)16-20-17-29(21-9-7-6-8-10-21)27-24(20)19-11-12-22(18(3)15-19)31-14-5-2/h5-12,15-17H,2,4,13-14H2,1,3H3. The summed E-state index contributed by atoms with van der Waals surface area (Å²) in [7, 11) is 0. The molecule has 1 fully saturated rings. The minimum atomic E-state index is -0.0467. The van der Waals surface area contributed by atoms with Gasteiger partial charge in [-0.15, -0.1) is 0 Å². The minimum absolute atomic E-state index is 0.0467. The second-order valence-electron chi connectivity index (χ2n) is 7.63. The highest BCUT2D eigenvalue weighted by Gasteiger charge is 2.31. The summed E-state index contributed by atoms with van der Waals surface area (Å²) in [4.78, 5) is 15.2. The highest BCUT2D eigenvalue weighted by Crippen LogP contribution is 2.35. The van der Waals surface area contributed by atoms with Crippen LogP contribution in [0.15, 0.2) is 72.3 Å². The van der Waals surface area contributed by atoms with E-state index in [1.807, 2.05) is 73.3 Å². The van der Waals surface area contributed by atoms with Crippen molar-refractivity contribution in [2.45, 2.75) is 20.3 Å². The van der Waals surface area contributed by atoms with E-state index in [1.54, 1.807) is 11.0 Å². The van der Waals surface area contributed by atoms with Gasteiger partial charge >= 0.3 is 0 Å². The Morgan fingerprint density at radius 3 is 2.70 bits per heavy atom. The lowest BCUT2D eigenvalue weighted by Crippen LogP contribution is -2.28. The predicted molar refractivity (Wildman–Crippen MR) is 140 cm³/mol. The molecule has 1 aliphatic rings. The molecule has 0 saturated carbocycles. The van der Waals surface area contributed by atoms with Crippen LogP contribution in [-0.4, -0.2) is 38.1 Å². The van der Waals surface area contributed by atoms with Crippen molar-refractivity contribution in [1.82, 2.24) is 14.7 Å². The molecule has 7 heteroatoms. The van der Waals surface area contributed by atoms with E-state index in [9.17, 15) is 4.79 Å². The van der Waals surface area contributed by atoms with E-state index in [-0.39, 0.29) is 5.91 Å². The lowest BCUT2D eigenvalue weighted by atomic mass is 10.0. The van der Waals surface area contributed by atoms with Crippen molar-refractivity contribution in [3.63, 3.8) is 0 Å². The Balaban J connectivity index is 1.78. The molecule has 0 spiro atoms. The van der Waals surface area contributed by atoms with Crippen molar-refractivity contribution >= 4 is 40.3 Å². The van der Waals surface area contributed by atoms with Crippen LogP contribution in [0.3, 0.4) is 0 Å². The molecule has 0 atom stereocenters. The first kappa shape index (κ1) is 23.0. The van der Waals surface area contributed by atoms with Gasteiger partial charge in [0.2, 0.25) is 0 Å². The molecular weight excluding hydrogens is 450 g/mol. The number of amides is 1. The lowest BCUT2D eigenvalue weighted by Gasteiger charge is -2.11. The molecule has 0 N–H and O–H groups in total. The molecule has 1 amide bonds. The van der Waals surface area contributed by atoms with Crippen LogP contribution in [0, 0.1) is 6.92 Å². The van der Waals surface area contributed by atoms with Crippen LogP contribution < -0.4 is 4.74 Å².